The van der Waals surface area contributed by atoms with Gasteiger partial charge < -0.3 is 4.90 Å². The van der Waals surface area contributed by atoms with E-state index in [0.29, 0.717) is 46.2 Å². The number of nitrogens with zero attached hydrogens (tertiary/aromatic N) is 4. The van der Waals surface area contributed by atoms with E-state index in [2.05, 4.69) is 5.10 Å². The second-order valence-electron chi connectivity index (χ2n) is 8.40. The van der Waals surface area contributed by atoms with Gasteiger partial charge in [-0.15, -0.1) is 0 Å². The lowest BCUT2D eigenvalue weighted by Crippen LogP contribution is -2.50. The first-order valence-electron chi connectivity index (χ1n) is 10.8. The fraction of sp³-hybridized carbons (Fsp3) is 0.333. The molecule has 0 N–H and O–H groups in total. The number of piperazine rings is 1. The minimum Gasteiger partial charge on any atom is -0.336 e. The first-order valence-corrected chi connectivity index (χ1v) is 12.2. The van der Waals surface area contributed by atoms with Gasteiger partial charge in [-0.2, -0.15) is 9.40 Å². The quantitative estimate of drug-likeness (QED) is 0.586. The minimum absolute atomic E-state index is 0.179. The molecule has 0 spiro atoms. The van der Waals surface area contributed by atoms with Crippen molar-refractivity contribution in [3.8, 4) is 5.69 Å². The lowest BCUT2D eigenvalue weighted by atomic mass is 10.1. The van der Waals surface area contributed by atoms with Crippen LogP contribution in [0.1, 0.15) is 32.9 Å². The molecule has 0 unspecified atom stereocenters. The highest BCUT2D eigenvalue weighted by atomic mass is 32.2. The van der Waals surface area contributed by atoms with Crippen LogP contribution in [0.4, 0.5) is 4.39 Å². The van der Waals surface area contributed by atoms with E-state index in [1.165, 1.54) is 16.4 Å². The standard InChI is InChI=1S/C24H27FN4O3S/c1-16-5-10-22(17(2)15-16)33(31,32)28-13-11-27(12-14-28)24(30)23-18(3)26-29(19(23)4)21-8-6-20(25)7-9-21/h5-10,15H,11-14H2,1-4H3. The number of amides is 1. The Kier molecular flexibility index (Phi) is 6.11. The third-order valence-corrected chi connectivity index (χ3v) is 8.11. The van der Waals surface area contributed by atoms with Crippen molar-refractivity contribution in [1.29, 1.82) is 0 Å². The van der Waals surface area contributed by atoms with Crippen LogP contribution in [0.25, 0.3) is 5.69 Å². The van der Waals surface area contributed by atoms with Crippen molar-refractivity contribution >= 4 is 15.9 Å². The molecule has 0 radical (unpaired) electrons. The zero-order chi connectivity index (χ0) is 23.9. The van der Waals surface area contributed by atoms with Gasteiger partial charge in [0.2, 0.25) is 10.0 Å². The number of hydrogen-bond acceptors (Lipinski definition) is 4. The van der Waals surface area contributed by atoms with E-state index in [1.54, 1.807) is 54.6 Å². The van der Waals surface area contributed by atoms with Crippen LogP contribution >= 0.6 is 0 Å². The molecule has 2 aromatic carbocycles. The molecule has 1 amide bonds. The van der Waals surface area contributed by atoms with Crippen LogP contribution in [0.5, 0.6) is 0 Å². The van der Waals surface area contributed by atoms with Crippen LogP contribution in [0.3, 0.4) is 0 Å². The van der Waals surface area contributed by atoms with Gasteiger partial charge in [0.15, 0.2) is 0 Å². The molecule has 1 fully saturated rings. The van der Waals surface area contributed by atoms with Crippen LogP contribution in [-0.2, 0) is 10.0 Å². The fourth-order valence-electron chi connectivity index (χ4n) is 4.30. The van der Waals surface area contributed by atoms with Gasteiger partial charge in [0.05, 0.1) is 27.5 Å². The van der Waals surface area contributed by atoms with Crippen molar-refractivity contribution in [2.45, 2.75) is 32.6 Å². The zero-order valence-electron chi connectivity index (χ0n) is 19.2. The highest BCUT2D eigenvalue weighted by Crippen LogP contribution is 2.24. The summed E-state index contributed by atoms with van der Waals surface area (Å²) in [6.07, 6.45) is 0. The second kappa shape index (κ2) is 8.72. The van der Waals surface area contributed by atoms with Crippen LogP contribution in [0, 0.1) is 33.5 Å². The Morgan fingerprint density at radius 3 is 2.18 bits per heavy atom. The Hall–Kier alpha value is -3.04. The van der Waals surface area contributed by atoms with Gasteiger partial charge in [0.1, 0.15) is 5.82 Å². The molecule has 9 heteroatoms. The van der Waals surface area contributed by atoms with Gasteiger partial charge in [-0.05, 0) is 63.6 Å². The average molecular weight is 471 g/mol. The zero-order valence-corrected chi connectivity index (χ0v) is 20.0. The highest BCUT2D eigenvalue weighted by molar-refractivity contribution is 7.89. The maximum Gasteiger partial charge on any atom is 0.257 e. The smallest absolute Gasteiger partial charge is 0.257 e. The molecule has 3 aromatic rings. The van der Waals surface area contributed by atoms with Crippen molar-refractivity contribution in [2.75, 3.05) is 26.2 Å². The number of aryl methyl sites for hydroxylation is 3. The maximum absolute atomic E-state index is 13.3. The molecule has 1 saturated heterocycles. The van der Waals surface area contributed by atoms with Gasteiger partial charge in [0.25, 0.3) is 5.91 Å². The van der Waals surface area contributed by atoms with Crippen LogP contribution in [-0.4, -0.2) is 59.5 Å². The lowest BCUT2D eigenvalue weighted by Gasteiger charge is -2.34. The molecule has 4 rings (SSSR count). The number of halogens is 1. The van der Waals surface area contributed by atoms with E-state index in [0.717, 1.165) is 5.56 Å². The van der Waals surface area contributed by atoms with Crippen molar-refractivity contribution in [3.63, 3.8) is 0 Å². The normalized spacial score (nSPS) is 15.1. The van der Waals surface area contributed by atoms with E-state index in [1.807, 2.05) is 13.0 Å². The molecule has 7 nitrogen and oxygen atoms in total. The third-order valence-electron chi connectivity index (χ3n) is 6.05. The molecule has 0 atom stereocenters. The van der Waals surface area contributed by atoms with E-state index in [9.17, 15) is 17.6 Å². The number of benzene rings is 2. The first-order chi connectivity index (χ1) is 15.6. The van der Waals surface area contributed by atoms with Crippen molar-refractivity contribution in [3.05, 3.63) is 76.4 Å². The number of sulfonamides is 1. The number of carbonyl (C=O) groups excluding carboxylic acids is 1. The number of rotatable bonds is 4. The number of aromatic nitrogens is 2. The molecule has 1 aliphatic heterocycles. The highest BCUT2D eigenvalue weighted by Gasteiger charge is 2.33. The Balaban J connectivity index is 1.52. The van der Waals surface area contributed by atoms with Gasteiger partial charge in [-0.1, -0.05) is 17.7 Å². The van der Waals surface area contributed by atoms with Crippen LogP contribution in [0.2, 0.25) is 0 Å². The molecule has 0 aliphatic carbocycles. The third kappa shape index (κ3) is 4.30. The summed E-state index contributed by atoms with van der Waals surface area (Å²) in [6.45, 7) is 8.34. The largest absolute Gasteiger partial charge is 0.336 e. The van der Waals surface area contributed by atoms with Crippen molar-refractivity contribution in [2.24, 2.45) is 0 Å². The molecule has 1 aliphatic rings. The predicted octanol–water partition coefficient (Wildman–Crippen LogP) is 3.39. The van der Waals surface area contributed by atoms with Crippen LogP contribution in [0.15, 0.2) is 47.4 Å². The summed E-state index contributed by atoms with van der Waals surface area (Å²) >= 11 is 0. The molecule has 0 bridgehead atoms. The molecule has 2 heterocycles. The van der Waals surface area contributed by atoms with Crippen molar-refractivity contribution < 1.29 is 17.6 Å². The van der Waals surface area contributed by atoms with Crippen LogP contribution < -0.4 is 0 Å². The molecule has 33 heavy (non-hydrogen) atoms. The summed E-state index contributed by atoms with van der Waals surface area (Å²) in [5.41, 5.74) is 4.12. The summed E-state index contributed by atoms with van der Waals surface area (Å²) < 4.78 is 42.6. The first kappa shape index (κ1) is 23.1. The fourth-order valence-corrected chi connectivity index (χ4v) is 5.93. The molecular weight excluding hydrogens is 443 g/mol. The number of carbonyl (C=O) groups is 1. The molecule has 1 aromatic heterocycles. The summed E-state index contributed by atoms with van der Waals surface area (Å²) in [4.78, 5) is 15.3. The van der Waals surface area contributed by atoms with E-state index < -0.39 is 10.0 Å². The topological polar surface area (TPSA) is 75.5 Å². The Bertz CT molecular complexity index is 1310. The average Bonchev–Trinajstić information content (AvgIpc) is 3.07. The molecular formula is C24H27FN4O3S. The molecule has 0 saturated carbocycles. The maximum atomic E-state index is 13.3. The summed E-state index contributed by atoms with van der Waals surface area (Å²) in [7, 11) is -3.63. The van der Waals surface area contributed by atoms with E-state index >= 15 is 0 Å². The molecule has 174 valence electrons. The van der Waals surface area contributed by atoms with Gasteiger partial charge in [-0.25, -0.2) is 17.5 Å². The SMILES string of the molecule is Cc1ccc(S(=O)(=O)N2CCN(C(=O)c3c(C)nn(-c4ccc(F)cc4)c3C)CC2)c(C)c1. The lowest BCUT2D eigenvalue weighted by molar-refractivity contribution is 0.0696. The summed E-state index contributed by atoms with van der Waals surface area (Å²) in [5.74, 6) is -0.521. The monoisotopic (exact) mass is 470 g/mol. The Morgan fingerprint density at radius 1 is 0.939 bits per heavy atom. The Morgan fingerprint density at radius 2 is 1.58 bits per heavy atom. The summed E-state index contributed by atoms with van der Waals surface area (Å²) in [6, 6.07) is 11.2. The number of hydrogen-bond donors (Lipinski definition) is 0. The van der Waals surface area contributed by atoms with Gasteiger partial charge in [0, 0.05) is 26.2 Å². The Labute approximate surface area is 193 Å². The van der Waals surface area contributed by atoms with Crippen molar-refractivity contribution in [1.82, 2.24) is 19.0 Å². The minimum atomic E-state index is -3.63. The predicted molar refractivity (Wildman–Crippen MR) is 124 cm³/mol. The second-order valence-corrected chi connectivity index (χ2v) is 10.3. The van der Waals surface area contributed by atoms with E-state index in [4.69, 9.17) is 0 Å². The summed E-state index contributed by atoms with van der Waals surface area (Å²) in [5, 5.41) is 4.48. The van der Waals surface area contributed by atoms with Gasteiger partial charge in [-0.3, -0.25) is 4.79 Å². The van der Waals surface area contributed by atoms with Gasteiger partial charge >= 0.3 is 0 Å². The van der Waals surface area contributed by atoms with E-state index in [-0.39, 0.29) is 24.8 Å².